The molecule has 1 aliphatic rings. The largest absolute Gasteiger partial charge is 0.481 e. The minimum atomic E-state index is -0.611. The number of cyclic esters (lactones) is 1. The van der Waals surface area contributed by atoms with E-state index in [1.165, 1.54) is 0 Å². The minimum Gasteiger partial charge on any atom is -0.481 e. The summed E-state index contributed by atoms with van der Waals surface area (Å²) in [5, 5.41) is 0.648. The molecule has 0 aliphatic carbocycles. The molecule has 1 aromatic rings. The Labute approximate surface area is 104 Å². The lowest BCUT2D eigenvalue weighted by Crippen LogP contribution is -2.22. The van der Waals surface area contributed by atoms with Crippen LogP contribution >= 0.6 is 11.6 Å². The third kappa shape index (κ3) is 2.97. The summed E-state index contributed by atoms with van der Waals surface area (Å²) in [4.78, 5) is 15.0. The topological polar surface area (TPSA) is 47.9 Å². The first kappa shape index (κ1) is 11.9. The third-order valence-electron chi connectivity index (χ3n) is 2.37. The summed E-state index contributed by atoms with van der Waals surface area (Å²) in [6.07, 6.45) is -0.500. The molecular weight excluding hydrogens is 242 g/mol. The number of amides is 1. The van der Waals surface area contributed by atoms with Gasteiger partial charge in [-0.25, -0.2) is 4.79 Å². The van der Waals surface area contributed by atoms with Gasteiger partial charge in [-0.1, -0.05) is 23.7 Å². The number of carbonyl (C=O) groups excluding carboxylic acids is 1. The average molecular weight is 254 g/mol. The van der Waals surface area contributed by atoms with Gasteiger partial charge in [-0.2, -0.15) is 0 Å². The number of hydrogen-bond donors (Lipinski definition) is 0. The second-order valence-corrected chi connectivity index (χ2v) is 4.00. The highest BCUT2D eigenvalue weighted by molar-refractivity contribution is 6.30. The zero-order chi connectivity index (χ0) is 12.3. The molecule has 0 spiro atoms. The van der Waals surface area contributed by atoms with Crippen LogP contribution in [-0.4, -0.2) is 18.6 Å². The lowest BCUT2D eigenvalue weighted by molar-refractivity contribution is 0.0972. The number of rotatable bonds is 2. The normalized spacial score (nSPS) is 19.5. The van der Waals surface area contributed by atoms with Crippen LogP contribution in [0.5, 0.6) is 0 Å². The fraction of sp³-hybridized carbons (Fsp3) is 0.333. The van der Waals surface area contributed by atoms with E-state index in [1.54, 1.807) is 12.1 Å². The van der Waals surface area contributed by atoms with Gasteiger partial charge in [0, 0.05) is 5.02 Å². The minimum absolute atomic E-state index is 0.348. The molecule has 0 saturated heterocycles. The molecule has 0 radical (unpaired) electrons. The van der Waals surface area contributed by atoms with Crippen LogP contribution in [0.4, 0.5) is 4.79 Å². The maximum Gasteiger partial charge on any atom is 0.437 e. The Morgan fingerprint density at radius 2 is 2.18 bits per heavy atom. The monoisotopic (exact) mass is 253 g/mol. The molecule has 1 heterocycles. The SMILES string of the molecule is CCOC1=NC(=O)OC(c2ccc(Cl)cc2)C1. The molecule has 2 rings (SSSR count). The highest BCUT2D eigenvalue weighted by Crippen LogP contribution is 2.27. The standard InChI is InChI=1S/C12H12ClNO3/c1-2-16-11-7-10(17-12(15)14-11)8-3-5-9(13)6-4-8/h3-6,10H,2,7H2,1H3. The van der Waals surface area contributed by atoms with E-state index in [9.17, 15) is 4.79 Å². The quantitative estimate of drug-likeness (QED) is 0.812. The number of nitrogens with zero attached hydrogens (tertiary/aromatic N) is 1. The van der Waals surface area contributed by atoms with Crippen molar-refractivity contribution in [3.05, 3.63) is 34.9 Å². The van der Waals surface area contributed by atoms with Gasteiger partial charge in [0.1, 0.15) is 6.10 Å². The fourth-order valence-corrected chi connectivity index (χ4v) is 1.74. The van der Waals surface area contributed by atoms with Gasteiger partial charge in [0.15, 0.2) is 5.90 Å². The van der Waals surface area contributed by atoms with E-state index in [4.69, 9.17) is 21.1 Å². The summed E-state index contributed by atoms with van der Waals surface area (Å²) >= 11 is 5.80. The van der Waals surface area contributed by atoms with E-state index in [1.807, 2.05) is 19.1 Å². The Morgan fingerprint density at radius 3 is 2.82 bits per heavy atom. The van der Waals surface area contributed by atoms with Crippen molar-refractivity contribution in [2.75, 3.05) is 6.61 Å². The molecule has 17 heavy (non-hydrogen) atoms. The van der Waals surface area contributed by atoms with Gasteiger partial charge in [0.05, 0.1) is 13.0 Å². The maximum absolute atomic E-state index is 11.3. The molecule has 5 heteroatoms. The molecule has 1 aromatic carbocycles. The predicted molar refractivity (Wildman–Crippen MR) is 64.4 cm³/mol. The molecule has 1 unspecified atom stereocenters. The lowest BCUT2D eigenvalue weighted by Gasteiger charge is -2.21. The van der Waals surface area contributed by atoms with Gasteiger partial charge in [-0.05, 0) is 24.6 Å². The molecule has 90 valence electrons. The summed E-state index contributed by atoms with van der Waals surface area (Å²) in [6, 6.07) is 7.18. The van der Waals surface area contributed by atoms with Crippen LogP contribution in [0.2, 0.25) is 5.02 Å². The summed E-state index contributed by atoms with van der Waals surface area (Å²) in [5.74, 6) is 0.420. The maximum atomic E-state index is 11.3. The Hall–Kier alpha value is -1.55. The van der Waals surface area contributed by atoms with Crippen molar-refractivity contribution in [2.45, 2.75) is 19.4 Å². The van der Waals surface area contributed by atoms with E-state index in [0.29, 0.717) is 23.9 Å². The van der Waals surface area contributed by atoms with Crippen LogP contribution in [0.3, 0.4) is 0 Å². The van der Waals surface area contributed by atoms with E-state index in [0.717, 1.165) is 5.56 Å². The van der Waals surface area contributed by atoms with Crippen LogP contribution < -0.4 is 0 Å². The molecular formula is C12H12ClNO3. The molecule has 0 fully saturated rings. The van der Waals surface area contributed by atoms with Crippen molar-refractivity contribution >= 4 is 23.6 Å². The van der Waals surface area contributed by atoms with Gasteiger partial charge >= 0.3 is 6.09 Å². The molecule has 1 atom stereocenters. The first-order valence-corrected chi connectivity index (χ1v) is 5.73. The smallest absolute Gasteiger partial charge is 0.437 e. The molecule has 4 nitrogen and oxygen atoms in total. The third-order valence-corrected chi connectivity index (χ3v) is 2.62. The fourth-order valence-electron chi connectivity index (χ4n) is 1.62. The van der Waals surface area contributed by atoms with Crippen LogP contribution in [0.1, 0.15) is 25.0 Å². The zero-order valence-corrected chi connectivity index (χ0v) is 10.1. The highest BCUT2D eigenvalue weighted by Gasteiger charge is 2.25. The number of ether oxygens (including phenoxy) is 2. The van der Waals surface area contributed by atoms with Crippen molar-refractivity contribution in [1.82, 2.24) is 0 Å². The Morgan fingerprint density at radius 1 is 1.47 bits per heavy atom. The summed E-state index contributed by atoms with van der Waals surface area (Å²) < 4.78 is 10.4. The van der Waals surface area contributed by atoms with E-state index >= 15 is 0 Å². The van der Waals surface area contributed by atoms with E-state index < -0.39 is 6.09 Å². The second-order valence-electron chi connectivity index (χ2n) is 3.57. The van der Waals surface area contributed by atoms with Crippen LogP contribution in [0.25, 0.3) is 0 Å². The van der Waals surface area contributed by atoms with Crippen LogP contribution in [0.15, 0.2) is 29.3 Å². The zero-order valence-electron chi connectivity index (χ0n) is 9.35. The van der Waals surface area contributed by atoms with Gasteiger partial charge < -0.3 is 9.47 Å². The first-order chi connectivity index (χ1) is 8.19. The molecule has 1 aliphatic heterocycles. The molecule has 1 amide bonds. The average Bonchev–Trinajstić information content (AvgIpc) is 2.29. The number of halogens is 1. The predicted octanol–water partition coefficient (Wildman–Crippen LogP) is 3.36. The van der Waals surface area contributed by atoms with Crippen molar-refractivity contribution in [1.29, 1.82) is 0 Å². The Kier molecular flexibility index (Phi) is 3.64. The van der Waals surface area contributed by atoms with Crippen LogP contribution in [0, 0.1) is 0 Å². The van der Waals surface area contributed by atoms with Gasteiger partial charge in [0.2, 0.25) is 0 Å². The Bertz CT molecular complexity index is 442. The van der Waals surface area contributed by atoms with E-state index in [-0.39, 0.29) is 6.10 Å². The molecule has 0 saturated carbocycles. The van der Waals surface area contributed by atoms with E-state index in [2.05, 4.69) is 4.99 Å². The van der Waals surface area contributed by atoms with Crippen molar-refractivity contribution in [3.63, 3.8) is 0 Å². The number of benzene rings is 1. The van der Waals surface area contributed by atoms with Gasteiger partial charge in [-0.15, -0.1) is 4.99 Å². The molecule has 0 N–H and O–H groups in total. The van der Waals surface area contributed by atoms with Crippen LogP contribution in [-0.2, 0) is 9.47 Å². The van der Waals surface area contributed by atoms with Gasteiger partial charge in [-0.3, -0.25) is 0 Å². The summed E-state index contributed by atoms with van der Waals surface area (Å²) in [5.41, 5.74) is 0.884. The summed E-state index contributed by atoms with van der Waals surface area (Å²) in [7, 11) is 0. The molecule has 0 bridgehead atoms. The van der Waals surface area contributed by atoms with Crippen molar-refractivity contribution in [2.24, 2.45) is 4.99 Å². The summed E-state index contributed by atoms with van der Waals surface area (Å²) in [6.45, 7) is 2.33. The van der Waals surface area contributed by atoms with Crippen molar-refractivity contribution < 1.29 is 14.3 Å². The Balaban J connectivity index is 2.15. The molecule has 0 aromatic heterocycles. The number of hydrogen-bond acceptors (Lipinski definition) is 3. The first-order valence-electron chi connectivity index (χ1n) is 5.35. The van der Waals surface area contributed by atoms with Crippen molar-refractivity contribution in [3.8, 4) is 0 Å². The number of carbonyl (C=O) groups is 1. The second kappa shape index (κ2) is 5.19. The number of aliphatic imine (C=N–C) groups is 1. The lowest BCUT2D eigenvalue weighted by atomic mass is 10.1. The highest BCUT2D eigenvalue weighted by atomic mass is 35.5. The van der Waals surface area contributed by atoms with Gasteiger partial charge in [0.25, 0.3) is 0 Å².